The number of carboxylic acids is 1. The molecule has 0 aliphatic heterocycles. The summed E-state index contributed by atoms with van der Waals surface area (Å²) in [5.41, 5.74) is 6.96. The fraction of sp³-hybridized carbons (Fsp3) is 0.250. The summed E-state index contributed by atoms with van der Waals surface area (Å²) >= 11 is 0. The zero-order valence-corrected chi connectivity index (χ0v) is 9.23. The van der Waals surface area contributed by atoms with Gasteiger partial charge in [-0.05, 0) is 31.6 Å². The largest absolute Gasteiger partial charge is 0.478 e. The molecule has 86 valence electrons. The number of nitrogens with one attached hydrogen (secondary N) is 1. The summed E-state index contributed by atoms with van der Waals surface area (Å²) in [6, 6.07) is 5.00. The molecule has 1 aromatic rings. The number of para-hydroxylation sites is 1. The molecule has 0 amide bonds. The smallest absolute Gasteiger partial charge is 0.337 e. The van der Waals surface area contributed by atoms with E-state index in [0.29, 0.717) is 5.69 Å². The van der Waals surface area contributed by atoms with Gasteiger partial charge in [0.05, 0.1) is 11.3 Å². The number of nitrogens with two attached hydrogens (primary N) is 1. The maximum absolute atomic E-state index is 10.8. The molecule has 1 aromatic carbocycles. The predicted octanol–water partition coefficient (Wildman–Crippen LogP) is 1.59. The molecule has 0 unspecified atom stereocenters. The summed E-state index contributed by atoms with van der Waals surface area (Å²) in [4.78, 5) is 10.8. The third kappa shape index (κ3) is 3.10. The lowest BCUT2D eigenvalue weighted by Crippen LogP contribution is -2.06. The van der Waals surface area contributed by atoms with E-state index in [1.807, 2.05) is 19.2 Å². The van der Waals surface area contributed by atoms with Gasteiger partial charge >= 0.3 is 5.97 Å². The second-order valence-corrected chi connectivity index (χ2v) is 3.41. The van der Waals surface area contributed by atoms with Crippen molar-refractivity contribution in [2.45, 2.75) is 6.42 Å². The Morgan fingerprint density at radius 3 is 2.94 bits per heavy atom. The molecule has 0 fully saturated rings. The number of nitrogen functional groups attached to an aromatic ring is 1. The summed E-state index contributed by atoms with van der Waals surface area (Å²) in [7, 11) is 1.88. The number of benzene rings is 1. The Labute approximate surface area is 94.8 Å². The average molecular weight is 220 g/mol. The highest BCUT2D eigenvalue weighted by atomic mass is 16.4. The van der Waals surface area contributed by atoms with E-state index >= 15 is 0 Å². The van der Waals surface area contributed by atoms with Crippen molar-refractivity contribution in [2.75, 3.05) is 19.3 Å². The first-order valence-corrected chi connectivity index (χ1v) is 5.09. The number of hydrogen-bond acceptors (Lipinski definition) is 3. The van der Waals surface area contributed by atoms with Crippen molar-refractivity contribution in [3.05, 3.63) is 35.4 Å². The molecule has 0 saturated heterocycles. The monoisotopic (exact) mass is 220 g/mol. The SMILES string of the molecule is CNCCC=Cc1cccc(C(=O)O)c1N. The molecule has 4 N–H and O–H groups in total. The molecular weight excluding hydrogens is 204 g/mol. The number of aromatic carboxylic acids is 1. The van der Waals surface area contributed by atoms with E-state index in [9.17, 15) is 4.79 Å². The Morgan fingerprint density at radius 1 is 1.56 bits per heavy atom. The van der Waals surface area contributed by atoms with Gasteiger partial charge < -0.3 is 16.2 Å². The average Bonchev–Trinajstić information content (AvgIpc) is 2.26. The van der Waals surface area contributed by atoms with Gasteiger partial charge in [-0.25, -0.2) is 4.79 Å². The fourth-order valence-electron chi connectivity index (χ4n) is 1.35. The van der Waals surface area contributed by atoms with Gasteiger partial charge in [-0.15, -0.1) is 0 Å². The zero-order chi connectivity index (χ0) is 12.0. The number of carboxylic acid groups (broad SMARTS) is 1. The van der Waals surface area contributed by atoms with E-state index in [4.69, 9.17) is 10.8 Å². The molecule has 0 aromatic heterocycles. The van der Waals surface area contributed by atoms with Gasteiger partial charge in [0, 0.05) is 0 Å². The first kappa shape index (κ1) is 12.3. The van der Waals surface area contributed by atoms with Gasteiger partial charge in [0.1, 0.15) is 0 Å². The third-order valence-electron chi connectivity index (χ3n) is 2.23. The summed E-state index contributed by atoms with van der Waals surface area (Å²) in [5.74, 6) is -0.997. The predicted molar refractivity (Wildman–Crippen MR) is 65.4 cm³/mol. The molecule has 0 saturated carbocycles. The minimum Gasteiger partial charge on any atom is -0.478 e. The van der Waals surface area contributed by atoms with Gasteiger partial charge in [0.2, 0.25) is 0 Å². The molecule has 0 radical (unpaired) electrons. The summed E-state index contributed by atoms with van der Waals surface area (Å²) < 4.78 is 0. The molecule has 4 heteroatoms. The quantitative estimate of drug-likeness (QED) is 0.520. The van der Waals surface area contributed by atoms with Gasteiger partial charge in [0.25, 0.3) is 0 Å². The maximum atomic E-state index is 10.8. The van der Waals surface area contributed by atoms with Crippen LogP contribution in [-0.2, 0) is 0 Å². The topological polar surface area (TPSA) is 75.3 Å². The molecule has 0 heterocycles. The minimum absolute atomic E-state index is 0.149. The number of anilines is 1. The highest BCUT2D eigenvalue weighted by Crippen LogP contribution is 2.18. The number of carbonyl (C=O) groups is 1. The number of rotatable bonds is 5. The molecule has 0 aliphatic rings. The van der Waals surface area contributed by atoms with Crippen molar-refractivity contribution in [3.8, 4) is 0 Å². The molecule has 4 nitrogen and oxygen atoms in total. The van der Waals surface area contributed by atoms with Crippen LogP contribution in [0.2, 0.25) is 0 Å². The van der Waals surface area contributed by atoms with Crippen LogP contribution in [0.1, 0.15) is 22.3 Å². The second-order valence-electron chi connectivity index (χ2n) is 3.41. The van der Waals surface area contributed by atoms with Crippen molar-refractivity contribution in [1.29, 1.82) is 0 Å². The van der Waals surface area contributed by atoms with E-state index in [2.05, 4.69) is 5.32 Å². The molecule has 0 spiro atoms. The lowest BCUT2D eigenvalue weighted by atomic mass is 10.1. The zero-order valence-electron chi connectivity index (χ0n) is 9.23. The van der Waals surface area contributed by atoms with Crippen LogP contribution in [0.25, 0.3) is 6.08 Å². The van der Waals surface area contributed by atoms with Gasteiger partial charge in [-0.2, -0.15) is 0 Å². The van der Waals surface area contributed by atoms with Gasteiger partial charge in [-0.1, -0.05) is 24.3 Å². The highest BCUT2D eigenvalue weighted by Gasteiger charge is 2.08. The third-order valence-corrected chi connectivity index (χ3v) is 2.23. The van der Waals surface area contributed by atoms with E-state index < -0.39 is 5.97 Å². The van der Waals surface area contributed by atoms with Gasteiger partial charge in [0.15, 0.2) is 0 Å². The molecule has 0 atom stereocenters. The lowest BCUT2D eigenvalue weighted by Gasteiger charge is -2.04. The van der Waals surface area contributed by atoms with E-state index in [1.165, 1.54) is 6.07 Å². The standard InChI is InChI=1S/C12H16N2O2/c1-14-8-3-2-5-9-6-4-7-10(11(9)13)12(15)16/h2,4-7,14H,3,8,13H2,1H3,(H,15,16). The van der Waals surface area contributed by atoms with Crippen LogP contribution in [0.4, 0.5) is 5.69 Å². The fourth-order valence-corrected chi connectivity index (χ4v) is 1.35. The molecule has 0 bridgehead atoms. The van der Waals surface area contributed by atoms with Crippen LogP contribution >= 0.6 is 0 Å². The Balaban J connectivity index is 2.85. The molecule has 16 heavy (non-hydrogen) atoms. The minimum atomic E-state index is -0.997. The molecule has 0 aliphatic carbocycles. The van der Waals surface area contributed by atoms with Crippen LogP contribution in [0.5, 0.6) is 0 Å². The Hall–Kier alpha value is -1.81. The van der Waals surface area contributed by atoms with Crippen molar-refractivity contribution in [3.63, 3.8) is 0 Å². The van der Waals surface area contributed by atoms with E-state index in [-0.39, 0.29) is 5.56 Å². The second kappa shape index (κ2) is 5.92. The van der Waals surface area contributed by atoms with Crippen molar-refractivity contribution < 1.29 is 9.90 Å². The summed E-state index contributed by atoms with van der Waals surface area (Å²) in [6.07, 6.45) is 4.69. The Morgan fingerprint density at radius 2 is 2.31 bits per heavy atom. The summed E-state index contributed by atoms with van der Waals surface area (Å²) in [6.45, 7) is 0.884. The van der Waals surface area contributed by atoms with E-state index in [1.54, 1.807) is 12.1 Å². The first-order valence-electron chi connectivity index (χ1n) is 5.09. The Bertz CT molecular complexity index is 400. The highest BCUT2D eigenvalue weighted by molar-refractivity contribution is 5.95. The number of hydrogen-bond donors (Lipinski definition) is 3. The normalized spacial score (nSPS) is 10.8. The Kier molecular flexibility index (Phi) is 4.54. The van der Waals surface area contributed by atoms with Crippen LogP contribution in [0, 0.1) is 0 Å². The molecular formula is C12H16N2O2. The van der Waals surface area contributed by atoms with E-state index in [0.717, 1.165) is 18.5 Å². The van der Waals surface area contributed by atoms with Crippen LogP contribution in [0.3, 0.4) is 0 Å². The van der Waals surface area contributed by atoms with Crippen LogP contribution in [-0.4, -0.2) is 24.7 Å². The summed E-state index contributed by atoms with van der Waals surface area (Å²) in [5, 5.41) is 11.9. The van der Waals surface area contributed by atoms with Crippen molar-refractivity contribution >= 4 is 17.7 Å². The first-order chi connectivity index (χ1) is 7.66. The lowest BCUT2D eigenvalue weighted by molar-refractivity contribution is 0.0698. The molecule has 1 rings (SSSR count). The van der Waals surface area contributed by atoms with Gasteiger partial charge in [-0.3, -0.25) is 0 Å². The maximum Gasteiger partial charge on any atom is 0.337 e. The van der Waals surface area contributed by atoms with Crippen LogP contribution in [0.15, 0.2) is 24.3 Å². The van der Waals surface area contributed by atoms with Crippen molar-refractivity contribution in [1.82, 2.24) is 5.32 Å². The van der Waals surface area contributed by atoms with Crippen molar-refractivity contribution in [2.24, 2.45) is 0 Å². The van der Waals surface area contributed by atoms with Crippen LogP contribution < -0.4 is 11.1 Å².